The second-order valence-corrected chi connectivity index (χ2v) is 7.43. The Balaban J connectivity index is 1.85. The largest absolute Gasteiger partial charge is 0.480 e. The van der Waals surface area contributed by atoms with Gasteiger partial charge in [0.25, 0.3) is 5.91 Å². The topological polar surface area (TPSA) is 86.7 Å². The maximum Gasteiger partial charge on any atom is 0.416 e. The predicted molar refractivity (Wildman–Crippen MR) is 97.0 cm³/mol. The van der Waals surface area contributed by atoms with Crippen LogP contribution in [0.4, 0.5) is 13.2 Å². The second-order valence-electron chi connectivity index (χ2n) is 7.43. The zero-order valence-electron chi connectivity index (χ0n) is 15.7. The van der Waals surface area contributed by atoms with Gasteiger partial charge in [-0.15, -0.1) is 0 Å². The Labute approximate surface area is 165 Å². The van der Waals surface area contributed by atoms with Crippen molar-refractivity contribution in [3.8, 4) is 0 Å². The van der Waals surface area contributed by atoms with Gasteiger partial charge in [0.05, 0.1) is 5.56 Å². The first-order valence-corrected chi connectivity index (χ1v) is 9.26. The highest BCUT2D eigenvalue weighted by Crippen LogP contribution is 2.32. The molecule has 3 atom stereocenters. The van der Waals surface area contributed by atoms with Gasteiger partial charge < -0.3 is 15.3 Å². The summed E-state index contributed by atoms with van der Waals surface area (Å²) in [7, 11) is 0. The van der Waals surface area contributed by atoms with Crippen molar-refractivity contribution in [2.75, 3.05) is 0 Å². The van der Waals surface area contributed by atoms with E-state index in [1.807, 2.05) is 6.92 Å². The first kappa shape index (κ1) is 20.9. The van der Waals surface area contributed by atoms with E-state index in [4.69, 9.17) is 0 Å². The van der Waals surface area contributed by atoms with Gasteiger partial charge in [-0.25, -0.2) is 4.79 Å². The number of aliphatic carboxylic acids is 1. The molecule has 1 aromatic rings. The normalized spacial score (nSPS) is 26.8. The van der Waals surface area contributed by atoms with Crippen LogP contribution in [0.2, 0.25) is 0 Å². The lowest BCUT2D eigenvalue weighted by Gasteiger charge is -2.33. The zero-order valence-corrected chi connectivity index (χ0v) is 15.7. The monoisotopic (exact) mass is 410 g/mol. The number of alkyl halides is 3. The van der Waals surface area contributed by atoms with E-state index in [2.05, 4.69) is 5.32 Å². The van der Waals surface area contributed by atoms with Crippen molar-refractivity contribution in [3.05, 3.63) is 47.0 Å². The molecule has 2 aliphatic heterocycles. The van der Waals surface area contributed by atoms with Crippen LogP contribution >= 0.6 is 0 Å². The van der Waals surface area contributed by atoms with Crippen LogP contribution in [-0.4, -0.2) is 45.9 Å². The van der Waals surface area contributed by atoms with E-state index >= 15 is 0 Å². The number of nitrogens with zero attached hydrogens (tertiary/aromatic N) is 1. The fourth-order valence-corrected chi connectivity index (χ4v) is 3.91. The average molecular weight is 410 g/mol. The fraction of sp³-hybridized carbons (Fsp3) is 0.450. The van der Waals surface area contributed by atoms with Crippen LogP contribution in [0.25, 0.3) is 0 Å². The first-order chi connectivity index (χ1) is 13.6. The summed E-state index contributed by atoms with van der Waals surface area (Å²) >= 11 is 0. The third-order valence-electron chi connectivity index (χ3n) is 5.36. The van der Waals surface area contributed by atoms with Crippen molar-refractivity contribution in [1.82, 2.24) is 10.2 Å². The minimum absolute atomic E-state index is 0.144. The van der Waals surface area contributed by atoms with Crippen LogP contribution in [0.15, 0.2) is 35.9 Å². The SMILES string of the molecule is C/C1=C/C[C@H](NC(=O)c2cccc(C(F)(F)F)c2)C(=O)N2[C@H](CC[C@H]2C(=O)O)C1. The number of hydrogen-bond donors (Lipinski definition) is 2. The lowest BCUT2D eigenvalue weighted by molar-refractivity contribution is -0.150. The van der Waals surface area contributed by atoms with Gasteiger partial charge in [0.1, 0.15) is 12.1 Å². The first-order valence-electron chi connectivity index (χ1n) is 9.26. The fourth-order valence-electron chi connectivity index (χ4n) is 3.91. The second kappa shape index (κ2) is 7.88. The van der Waals surface area contributed by atoms with E-state index in [9.17, 15) is 32.7 Å². The van der Waals surface area contributed by atoms with Crippen molar-refractivity contribution >= 4 is 17.8 Å². The summed E-state index contributed by atoms with van der Waals surface area (Å²) in [6, 6.07) is 1.66. The van der Waals surface area contributed by atoms with E-state index in [-0.39, 0.29) is 18.0 Å². The van der Waals surface area contributed by atoms with Gasteiger partial charge in [-0.2, -0.15) is 13.2 Å². The number of halogens is 3. The molecular weight excluding hydrogens is 389 g/mol. The number of benzene rings is 1. The molecule has 0 spiro atoms. The smallest absolute Gasteiger partial charge is 0.416 e. The number of carbonyl (C=O) groups excluding carboxylic acids is 2. The number of carboxylic acids is 1. The van der Waals surface area contributed by atoms with E-state index in [0.717, 1.165) is 23.8 Å². The van der Waals surface area contributed by atoms with E-state index in [1.165, 1.54) is 11.0 Å². The molecule has 1 fully saturated rings. The quantitative estimate of drug-likeness (QED) is 0.750. The highest BCUT2D eigenvalue weighted by Gasteiger charge is 2.44. The summed E-state index contributed by atoms with van der Waals surface area (Å²) in [5.74, 6) is -2.45. The van der Waals surface area contributed by atoms with Crippen molar-refractivity contribution < 1.29 is 32.7 Å². The molecule has 2 amide bonds. The Morgan fingerprint density at radius 1 is 1.24 bits per heavy atom. The molecule has 2 aliphatic rings. The number of carbonyl (C=O) groups is 3. The van der Waals surface area contributed by atoms with E-state index in [0.29, 0.717) is 19.3 Å². The molecule has 2 heterocycles. The minimum Gasteiger partial charge on any atom is -0.480 e. The Bertz CT molecular complexity index is 866. The van der Waals surface area contributed by atoms with Gasteiger partial charge >= 0.3 is 12.1 Å². The molecule has 1 aromatic carbocycles. The van der Waals surface area contributed by atoms with Crippen LogP contribution in [0.3, 0.4) is 0 Å². The molecular formula is C20H21F3N2O4. The Morgan fingerprint density at radius 3 is 2.62 bits per heavy atom. The number of rotatable bonds is 3. The summed E-state index contributed by atoms with van der Waals surface area (Å²) in [4.78, 5) is 38.4. The van der Waals surface area contributed by atoms with Crippen LogP contribution in [-0.2, 0) is 15.8 Å². The average Bonchev–Trinajstić information content (AvgIpc) is 3.06. The number of amides is 2. The minimum atomic E-state index is -4.59. The third-order valence-corrected chi connectivity index (χ3v) is 5.36. The Hall–Kier alpha value is -2.84. The molecule has 3 rings (SSSR count). The van der Waals surface area contributed by atoms with Gasteiger partial charge in [-0.05, 0) is 50.8 Å². The molecule has 0 aliphatic carbocycles. The van der Waals surface area contributed by atoms with Crippen molar-refractivity contribution in [2.45, 2.75) is 56.9 Å². The summed E-state index contributed by atoms with van der Waals surface area (Å²) < 4.78 is 38.7. The molecule has 156 valence electrons. The molecule has 0 radical (unpaired) electrons. The molecule has 0 unspecified atom stereocenters. The van der Waals surface area contributed by atoms with Crippen molar-refractivity contribution in [1.29, 1.82) is 0 Å². The van der Waals surface area contributed by atoms with Crippen LogP contribution in [0.1, 0.15) is 48.5 Å². The number of carboxylic acid groups (broad SMARTS) is 1. The summed E-state index contributed by atoms with van der Waals surface area (Å²) in [6.45, 7) is 1.87. The van der Waals surface area contributed by atoms with Crippen molar-refractivity contribution in [2.24, 2.45) is 0 Å². The van der Waals surface area contributed by atoms with Crippen LogP contribution in [0.5, 0.6) is 0 Å². The van der Waals surface area contributed by atoms with Crippen molar-refractivity contribution in [3.63, 3.8) is 0 Å². The summed E-state index contributed by atoms with van der Waals surface area (Å²) in [5.41, 5.74) is -0.213. The third kappa shape index (κ3) is 4.44. The van der Waals surface area contributed by atoms with Gasteiger partial charge in [0.15, 0.2) is 0 Å². The summed E-state index contributed by atoms with van der Waals surface area (Å²) in [5, 5.41) is 11.9. The molecule has 0 saturated carbocycles. The predicted octanol–water partition coefficient (Wildman–Crippen LogP) is 2.99. The van der Waals surface area contributed by atoms with Gasteiger partial charge in [-0.1, -0.05) is 17.7 Å². The number of hydrogen-bond acceptors (Lipinski definition) is 3. The number of fused-ring (bicyclic) bond motifs is 1. The lowest BCUT2D eigenvalue weighted by atomic mass is 9.99. The maximum absolute atomic E-state index is 13.0. The molecule has 2 N–H and O–H groups in total. The Morgan fingerprint density at radius 2 is 1.97 bits per heavy atom. The van der Waals surface area contributed by atoms with E-state index < -0.39 is 41.6 Å². The molecule has 9 heteroatoms. The van der Waals surface area contributed by atoms with Gasteiger partial charge in [-0.3, -0.25) is 9.59 Å². The van der Waals surface area contributed by atoms with Gasteiger partial charge in [0, 0.05) is 11.6 Å². The lowest BCUT2D eigenvalue weighted by Crippen LogP contribution is -2.54. The highest BCUT2D eigenvalue weighted by molar-refractivity contribution is 5.98. The molecule has 29 heavy (non-hydrogen) atoms. The highest BCUT2D eigenvalue weighted by atomic mass is 19.4. The Kier molecular flexibility index (Phi) is 5.68. The van der Waals surface area contributed by atoms with Crippen LogP contribution < -0.4 is 5.32 Å². The summed E-state index contributed by atoms with van der Waals surface area (Å²) in [6.07, 6.45) is -1.21. The molecule has 6 nitrogen and oxygen atoms in total. The maximum atomic E-state index is 13.0. The zero-order chi connectivity index (χ0) is 21.3. The number of nitrogens with one attached hydrogen (secondary N) is 1. The molecule has 0 aromatic heterocycles. The van der Waals surface area contributed by atoms with Gasteiger partial charge in [0.2, 0.25) is 5.91 Å². The standard InChI is InChI=1S/C20H21F3N2O4/c1-11-5-7-15(18(27)25-14(9-11)6-8-16(25)19(28)29)24-17(26)12-3-2-4-13(10-12)20(21,22)23/h2-5,10,14-16H,6-9H2,1H3,(H,24,26)(H,28,29)/b11-5-/t14-,15+,16+/m1/s1. The van der Waals surface area contributed by atoms with Crippen LogP contribution in [0, 0.1) is 0 Å². The molecule has 1 saturated heterocycles. The van der Waals surface area contributed by atoms with E-state index in [1.54, 1.807) is 6.08 Å². The molecule has 0 bridgehead atoms.